The standard InChI is InChI=1S/C17H21NO4S/c18-17(22-23(19,20)21)13-7-12-16(14-8-3-1-4-9-14)15-10-5-2-6-11-15/h1-6,8-11,16-17H,7,12-13,18H2,(H,19,20,21). The van der Waals surface area contributed by atoms with Gasteiger partial charge in [-0.05, 0) is 30.4 Å². The molecule has 5 nitrogen and oxygen atoms in total. The van der Waals surface area contributed by atoms with Crippen molar-refractivity contribution in [1.29, 1.82) is 0 Å². The molecule has 2 aromatic carbocycles. The Morgan fingerprint density at radius 2 is 1.39 bits per heavy atom. The highest BCUT2D eigenvalue weighted by Crippen LogP contribution is 2.29. The van der Waals surface area contributed by atoms with Gasteiger partial charge in [-0.3, -0.25) is 4.55 Å². The van der Waals surface area contributed by atoms with E-state index in [0.717, 1.165) is 6.42 Å². The summed E-state index contributed by atoms with van der Waals surface area (Å²) in [5.74, 6) is 0.204. The van der Waals surface area contributed by atoms with Gasteiger partial charge in [0, 0.05) is 5.92 Å². The summed E-state index contributed by atoms with van der Waals surface area (Å²) in [7, 11) is -4.50. The van der Waals surface area contributed by atoms with Crippen molar-refractivity contribution in [2.45, 2.75) is 31.4 Å². The molecule has 0 aliphatic heterocycles. The number of rotatable bonds is 8. The zero-order valence-electron chi connectivity index (χ0n) is 12.7. The van der Waals surface area contributed by atoms with E-state index < -0.39 is 16.6 Å². The average molecular weight is 335 g/mol. The lowest BCUT2D eigenvalue weighted by atomic mass is 9.87. The highest BCUT2D eigenvalue weighted by molar-refractivity contribution is 7.80. The quantitative estimate of drug-likeness (QED) is 0.571. The molecule has 0 aromatic heterocycles. The summed E-state index contributed by atoms with van der Waals surface area (Å²) >= 11 is 0. The Morgan fingerprint density at radius 1 is 0.913 bits per heavy atom. The molecular weight excluding hydrogens is 314 g/mol. The van der Waals surface area contributed by atoms with E-state index in [0.29, 0.717) is 12.8 Å². The van der Waals surface area contributed by atoms with E-state index in [4.69, 9.17) is 10.3 Å². The SMILES string of the molecule is NC(CCCC(c1ccccc1)c1ccccc1)OS(=O)(=O)O. The van der Waals surface area contributed by atoms with Crippen LogP contribution in [0.4, 0.5) is 0 Å². The molecule has 2 rings (SSSR count). The van der Waals surface area contributed by atoms with Gasteiger partial charge in [-0.15, -0.1) is 0 Å². The van der Waals surface area contributed by atoms with Crippen LogP contribution in [0.3, 0.4) is 0 Å². The minimum atomic E-state index is -4.50. The molecule has 0 spiro atoms. The predicted molar refractivity (Wildman–Crippen MR) is 89.2 cm³/mol. The molecule has 0 saturated carbocycles. The molecule has 0 bridgehead atoms. The highest BCUT2D eigenvalue weighted by Gasteiger charge is 2.16. The lowest BCUT2D eigenvalue weighted by Gasteiger charge is -2.19. The Bertz CT molecular complexity index is 650. The van der Waals surface area contributed by atoms with Crippen molar-refractivity contribution in [3.8, 4) is 0 Å². The third-order valence-electron chi connectivity index (χ3n) is 3.63. The van der Waals surface area contributed by atoms with Gasteiger partial charge >= 0.3 is 10.4 Å². The van der Waals surface area contributed by atoms with E-state index in [9.17, 15) is 8.42 Å². The van der Waals surface area contributed by atoms with Crippen LogP contribution >= 0.6 is 0 Å². The summed E-state index contributed by atoms with van der Waals surface area (Å²) in [5, 5.41) is 0. The molecule has 0 fully saturated rings. The van der Waals surface area contributed by atoms with E-state index in [1.165, 1.54) is 11.1 Å². The van der Waals surface area contributed by atoms with Gasteiger partial charge in [-0.2, -0.15) is 8.42 Å². The molecule has 1 unspecified atom stereocenters. The van der Waals surface area contributed by atoms with E-state index in [2.05, 4.69) is 28.4 Å². The first-order valence-electron chi connectivity index (χ1n) is 7.47. The van der Waals surface area contributed by atoms with E-state index in [-0.39, 0.29) is 5.92 Å². The third kappa shape index (κ3) is 6.11. The van der Waals surface area contributed by atoms with Gasteiger partial charge in [-0.25, -0.2) is 4.18 Å². The molecule has 0 radical (unpaired) electrons. The lowest BCUT2D eigenvalue weighted by molar-refractivity contribution is 0.175. The van der Waals surface area contributed by atoms with Crippen LogP contribution in [0.5, 0.6) is 0 Å². The minimum Gasteiger partial charge on any atom is -0.305 e. The molecule has 0 saturated heterocycles. The third-order valence-corrected chi connectivity index (χ3v) is 4.12. The zero-order valence-corrected chi connectivity index (χ0v) is 13.5. The summed E-state index contributed by atoms with van der Waals surface area (Å²) in [4.78, 5) is 0. The predicted octanol–water partition coefficient (Wildman–Crippen LogP) is 3.09. The van der Waals surface area contributed by atoms with E-state index in [1.807, 2.05) is 36.4 Å². The Morgan fingerprint density at radius 3 is 1.83 bits per heavy atom. The maximum Gasteiger partial charge on any atom is 0.398 e. The van der Waals surface area contributed by atoms with E-state index >= 15 is 0 Å². The molecule has 3 N–H and O–H groups in total. The van der Waals surface area contributed by atoms with Gasteiger partial charge < -0.3 is 5.73 Å². The van der Waals surface area contributed by atoms with Gasteiger partial charge in [0.25, 0.3) is 0 Å². The molecule has 6 heteroatoms. The molecule has 0 amide bonds. The van der Waals surface area contributed by atoms with Gasteiger partial charge in [0.15, 0.2) is 0 Å². The van der Waals surface area contributed by atoms with Crippen LogP contribution in [0.25, 0.3) is 0 Å². The average Bonchev–Trinajstić information content (AvgIpc) is 2.51. The maximum absolute atomic E-state index is 10.6. The second-order valence-corrected chi connectivity index (χ2v) is 6.42. The first kappa shape index (κ1) is 17.6. The van der Waals surface area contributed by atoms with Crippen LogP contribution in [0.15, 0.2) is 60.7 Å². The molecule has 23 heavy (non-hydrogen) atoms. The number of hydrogen-bond acceptors (Lipinski definition) is 4. The molecule has 1 atom stereocenters. The van der Waals surface area contributed by atoms with Crippen LogP contribution in [-0.4, -0.2) is 19.2 Å². The van der Waals surface area contributed by atoms with Crippen LogP contribution in [0.2, 0.25) is 0 Å². The van der Waals surface area contributed by atoms with E-state index in [1.54, 1.807) is 0 Å². The topological polar surface area (TPSA) is 89.6 Å². The summed E-state index contributed by atoms with van der Waals surface area (Å²) in [6.45, 7) is 0. The summed E-state index contributed by atoms with van der Waals surface area (Å²) in [6.07, 6.45) is 0.787. The Balaban J connectivity index is 2.02. The van der Waals surface area contributed by atoms with Crippen LogP contribution in [-0.2, 0) is 14.6 Å². The van der Waals surface area contributed by atoms with Crippen molar-refractivity contribution < 1.29 is 17.2 Å². The Kier molecular flexibility index (Phi) is 6.29. The van der Waals surface area contributed by atoms with Crippen molar-refractivity contribution >= 4 is 10.4 Å². The van der Waals surface area contributed by atoms with Crippen molar-refractivity contribution in [3.63, 3.8) is 0 Å². The molecule has 0 aliphatic rings. The van der Waals surface area contributed by atoms with Crippen molar-refractivity contribution in [1.82, 2.24) is 0 Å². The zero-order chi connectivity index (χ0) is 16.7. The molecule has 0 heterocycles. The number of hydrogen-bond donors (Lipinski definition) is 2. The monoisotopic (exact) mass is 335 g/mol. The van der Waals surface area contributed by atoms with Crippen LogP contribution in [0, 0.1) is 0 Å². The first-order chi connectivity index (χ1) is 11.0. The van der Waals surface area contributed by atoms with Crippen molar-refractivity contribution in [3.05, 3.63) is 71.8 Å². The largest absolute Gasteiger partial charge is 0.398 e. The minimum absolute atomic E-state index is 0.204. The smallest absolute Gasteiger partial charge is 0.305 e. The van der Waals surface area contributed by atoms with Crippen molar-refractivity contribution in [2.24, 2.45) is 5.73 Å². The fourth-order valence-corrected chi connectivity index (χ4v) is 3.03. The fourth-order valence-electron chi connectivity index (χ4n) is 2.62. The molecule has 2 aromatic rings. The number of benzene rings is 2. The summed E-state index contributed by atoms with van der Waals surface area (Å²) in [5.41, 5.74) is 7.96. The first-order valence-corrected chi connectivity index (χ1v) is 8.83. The Labute approximate surface area is 137 Å². The van der Waals surface area contributed by atoms with Gasteiger partial charge in [0.2, 0.25) is 0 Å². The molecule has 124 valence electrons. The highest BCUT2D eigenvalue weighted by atomic mass is 32.3. The Hall–Kier alpha value is -1.73. The molecular formula is C17H21NO4S. The number of nitrogens with two attached hydrogens (primary N) is 1. The second-order valence-electron chi connectivity index (χ2n) is 5.37. The lowest BCUT2D eigenvalue weighted by Crippen LogP contribution is -2.26. The van der Waals surface area contributed by atoms with Crippen LogP contribution < -0.4 is 5.73 Å². The normalized spacial score (nSPS) is 13.2. The maximum atomic E-state index is 10.6. The van der Waals surface area contributed by atoms with Gasteiger partial charge in [0.1, 0.15) is 6.23 Å². The van der Waals surface area contributed by atoms with Crippen molar-refractivity contribution in [2.75, 3.05) is 0 Å². The fraction of sp³-hybridized carbons (Fsp3) is 0.294. The summed E-state index contributed by atoms with van der Waals surface area (Å²) in [6, 6.07) is 20.2. The van der Waals surface area contributed by atoms with Crippen LogP contribution in [0.1, 0.15) is 36.3 Å². The van der Waals surface area contributed by atoms with Gasteiger partial charge in [-0.1, -0.05) is 60.7 Å². The molecule has 0 aliphatic carbocycles. The second kappa shape index (κ2) is 8.21. The summed E-state index contributed by atoms with van der Waals surface area (Å²) < 4.78 is 34.2. The van der Waals surface area contributed by atoms with Gasteiger partial charge in [0.05, 0.1) is 0 Å².